The van der Waals surface area contributed by atoms with E-state index in [2.05, 4.69) is 45.2 Å². The zero-order valence-corrected chi connectivity index (χ0v) is 18.3. The minimum absolute atomic E-state index is 0.192. The molecule has 0 saturated carbocycles. The molecule has 152 valence electrons. The van der Waals surface area contributed by atoms with Crippen LogP contribution in [0, 0.1) is 6.92 Å². The monoisotopic (exact) mass is 456 g/mol. The minimum Gasteiger partial charge on any atom is -0.451 e. The van der Waals surface area contributed by atoms with Crippen LogP contribution in [-0.2, 0) is 17.8 Å². The Morgan fingerprint density at radius 3 is 2.90 bits per heavy atom. The van der Waals surface area contributed by atoms with Crippen molar-refractivity contribution in [1.82, 2.24) is 10.2 Å². The summed E-state index contributed by atoms with van der Waals surface area (Å²) in [6.45, 7) is 8.06. The van der Waals surface area contributed by atoms with E-state index in [9.17, 15) is 4.79 Å². The van der Waals surface area contributed by atoms with Gasteiger partial charge in [0.15, 0.2) is 5.76 Å². The maximum atomic E-state index is 12.7. The van der Waals surface area contributed by atoms with E-state index in [0.717, 1.165) is 52.8 Å². The number of hydrogen-bond acceptors (Lipinski definition) is 4. The lowest BCUT2D eigenvalue weighted by atomic mass is 10.1. The third-order valence-corrected chi connectivity index (χ3v) is 5.77. The van der Waals surface area contributed by atoms with Crippen molar-refractivity contribution >= 4 is 32.8 Å². The molecular formula is C23H25BrN2O3. The number of carbonyl (C=O) groups is 1. The fourth-order valence-corrected chi connectivity index (χ4v) is 4.16. The number of benzene rings is 2. The summed E-state index contributed by atoms with van der Waals surface area (Å²) < 4.78 is 12.4. The van der Waals surface area contributed by atoms with Gasteiger partial charge in [0.25, 0.3) is 5.91 Å². The Morgan fingerprint density at radius 1 is 1.24 bits per heavy atom. The van der Waals surface area contributed by atoms with Crippen LogP contribution in [0.25, 0.3) is 11.0 Å². The molecule has 1 N–H and O–H groups in total. The second-order valence-corrected chi connectivity index (χ2v) is 8.53. The van der Waals surface area contributed by atoms with Gasteiger partial charge in [0.2, 0.25) is 0 Å². The molecule has 1 saturated heterocycles. The van der Waals surface area contributed by atoms with Crippen molar-refractivity contribution in [3.63, 3.8) is 0 Å². The fraction of sp³-hybridized carbons (Fsp3) is 0.348. The van der Waals surface area contributed by atoms with E-state index in [0.29, 0.717) is 12.3 Å². The van der Waals surface area contributed by atoms with Crippen LogP contribution >= 0.6 is 15.9 Å². The molecule has 0 radical (unpaired) electrons. The minimum atomic E-state index is -0.192. The zero-order chi connectivity index (χ0) is 20.4. The molecule has 5 nitrogen and oxygen atoms in total. The highest BCUT2D eigenvalue weighted by Crippen LogP contribution is 2.28. The smallest absolute Gasteiger partial charge is 0.287 e. The van der Waals surface area contributed by atoms with Gasteiger partial charge in [0.1, 0.15) is 5.58 Å². The van der Waals surface area contributed by atoms with Crippen molar-refractivity contribution in [2.24, 2.45) is 0 Å². The van der Waals surface area contributed by atoms with E-state index in [1.165, 1.54) is 5.56 Å². The summed E-state index contributed by atoms with van der Waals surface area (Å²) in [5.41, 5.74) is 3.90. The lowest BCUT2D eigenvalue weighted by Gasteiger charge is -2.31. The summed E-state index contributed by atoms with van der Waals surface area (Å²) in [7, 11) is 0. The van der Waals surface area contributed by atoms with E-state index in [-0.39, 0.29) is 12.0 Å². The van der Waals surface area contributed by atoms with Gasteiger partial charge in [-0.05, 0) is 43.2 Å². The lowest BCUT2D eigenvalue weighted by Crippen LogP contribution is -2.40. The average Bonchev–Trinajstić information content (AvgIpc) is 3.03. The fourth-order valence-electron chi connectivity index (χ4n) is 3.80. The van der Waals surface area contributed by atoms with Gasteiger partial charge in [-0.3, -0.25) is 9.69 Å². The first kappa shape index (κ1) is 20.1. The second-order valence-electron chi connectivity index (χ2n) is 7.62. The predicted molar refractivity (Wildman–Crippen MR) is 117 cm³/mol. The van der Waals surface area contributed by atoms with Gasteiger partial charge >= 0.3 is 0 Å². The van der Waals surface area contributed by atoms with Crippen LogP contribution in [0.4, 0.5) is 0 Å². The van der Waals surface area contributed by atoms with Gasteiger partial charge in [0, 0.05) is 41.6 Å². The molecule has 6 heteroatoms. The summed E-state index contributed by atoms with van der Waals surface area (Å²) in [5, 5.41) is 3.94. The molecule has 1 aromatic heterocycles. The van der Waals surface area contributed by atoms with Crippen LogP contribution in [0.2, 0.25) is 0 Å². The Balaban J connectivity index is 1.41. The molecule has 1 unspecified atom stereocenters. The van der Waals surface area contributed by atoms with Crippen molar-refractivity contribution in [2.45, 2.75) is 33.0 Å². The SMILES string of the molecule is Cc1c(C(=O)NCc2cccc(CN3CCOC(C)C3)c2)oc2ccc(Br)cc12. The molecule has 2 heterocycles. The maximum absolute atomic E-state index is 12.7. The van der Waals surface area contributed by atoms with Gasteiger partial charge in [-0.15, -0.1) is 0 Å². The number of furan rings is 1. The molecule has 1 aliphatic rings. The number of nitrogens with zero attached hydrogens (tertiary/aromatic N) is 1. The van der Waals surface area contributed by atoms with Gasteiger partial charge in [-0.1, -0.05) is 40.2 Å². The van der Waals surface area contributed by atoms with E-state index in [1.807, 2.05) is 37.3 Å². The standard InChI is InChI=1S/C23H25BrN2O3/c1-15-13-26(8-9-28-15)14-18-5-3-4-17(10-18)12-25-23(27)22-16(2)20-11-19(24)6-7-21(20)29-22/h3-7,10-11,15H,8-9,12-14H2,1-2H3,(H,25,27). The van der Waals surface area contributed by atoms with E-state index < -0.39 is 0 Å². The maximum Gasteiger partial charge on any atom is 0.287 e. The number of carbonyl (C=O) groups excluding carboxylic acids is 1. The topological polar surface area (TPSA) is 54.7 Å². The number of halogens is 1. The van der Waals surface area contributed by atoms with Crippen molar-refractivity contribution in [3.8, 4) is 0 Å². The first-order valence-corrected chi connectivity index (χ1v) is 10.7. The normalized spacial score (nSPS) is 17.6. The van der Waals surface area contributed by atoms with Crippen molar-refractivity contribution in [2.75, 3.05) is 19.7 Å². The van der Waals surface area contributed by atoms with Crippen LogP contribution < -0.4 is 5.32 Å². The lowest BCUT2D eigenvalue weighted by molar-refractivity contribution is -0.0212. The largest absolute Gasteiger partial charge is 0.451 e. The Morgan fingerprint density at radius 2 is 2.07 bits per heavy atom. The van der Waals surface area contributed by atoms with Gasteiger partial charge in [-0.25, -0.2) is 0 Å². The molecular weight excluding hydrogens is 432 g/mol. The molecule has 1 amide bonds. The number of nitrogens with one attached hydrogen (secondary N) is 1. The highest BCUT2D eigenvalue weighted by Gasteiger charge is 2.18. The molecule has 0 aliphatic carbocycles. The summed E-state index contributed by atoms with van der Waals surface area (Å²) in [6.07, 6.45) is 0.277. The van der Waals surface area contributed by atoms with Crippen LogP contribution in [0.3, 0.4) is 0 Å². The van der Waals surface area contributed by atoms with Crippen molar-refractivity contribution in [1.29, 1.82) is 0 Å². The second kappa shape index (κ2) is 8.69. The Hall–Kier alpha value is -2.15. The number of hydrogen-bond donors (Lipinski definition) is 1. The third kappa shape index (κ3) is 4.71. The third-order valence-electron chi connectivity index (χ3n) is 5.28. The molecule has 2 aromatic carbocycles. The van der Waals surface area contributed by atoms with Crippen LogP contribution in [0.5, 0.6) is 0 Å². The van der Waals surface area contributed by atoms with Crippen molar-refractivity contribution < 1.29 is 13.9 Å². The summed E-state index contributed by atoms with van der Waals surface area (Å²) in [6, 6.07) is 14.1. The Bertz CT molecular complexity index is 1030. The molecule has 3 aromatic rings. The highest BCUT2D eigenvalue weighted by molar-refractivity contribution is 9.10. The number of rotatable bonds is 5. The summed E-state index contributed by atoms with van der Waals surface area (Å²) in [5.74, 6) is 0.179. The first-order valence-electron chi connectivity index (χ1n) is 9.88. The molecule has 1 fully saturated rings. The van der Waals surface area contributed by atoms with Gasteiger partial charge in [-0.2, -0.15) is 0 Å². The molecule has 4 rings (SSSR count). The van der Waals surface area contributed by atoms with Crippen molar-refractivity contribution in [3.05, 3.63) is 69.4 Å². The van der Waals surface area contributed by atoms with E-state index in [4.69, 9.17) is 9.15 Å². The number of ether oxygens (including phenoxy) is 1. The zero-order valence-electron chi connectivity index (χ0n) is 16.7. The molecule has 29 heavy (non-hydrogen) atoms. The number of morpholine rings is 1. The number of fused-ring (bicyclic) bond motifs is 1. The molecule has 0 spiro atoms. The highest BCUT2D eigenvalue weighted by atomic mass is 79.9. The van der Waals surface area contributed by atoms with Gasteiger partial charge < -0.3 is 14.5 Å². The number of amides is 1. The quantitative estimate of drug-likeness (QED) is 0.606. The van der Waals surface area contributed by atoms with E-state index in [1.54, 1.807) is 0 Å². The Kier molecular flexibility index (Phi) is 6.04. The summed E-state index contributed by atoms with van der Waals surface area (Å²) >= 11 is 3.47. The van der Waals surface area contributed by atoms with Crippen LogP contribution in [0.1, 0.15) is 34.2 Å². The average molecular weight is 457 g/mol. The first-order chi connectivity index (χ1) is 14.0. The van der Waals surface area contributed by atoms with E-state index >= 15 is 0 Å². The van der Waals surface area contributed by atoms with Crippen LogP contribution in [0.15, 0.2) is 51.4 Å². The molecule has 1 aliphatic heterocycles. The molecule has 1 atom stereocenters. The number of aryl methyl sites for hydroxylation is 1. The van der Waals surface area contributed by atoms with Gasteiger partial charge in [0.05, 0.1) is 12.7 Å². The van der Waals surface area contributed by atoms with Crippen LogP contribution in [-0.4, -0.2) is 36.6 Å². The molecule has 0 bridgehead atoms. The summed E-state index contributed by atoms with van der Waals surface area (Å²) in [4.78, 5) is 15.1. The Labute approximate surface area is 179 Å². The predicted octanol–water partition coefficient (Wildman–Crippen LogP) is 4.65.